The lowest BCUT2D eigenvalue weighted by Crippen LogP contribution is -2.65. The Morgan fingerprint density at radius 3 is 2.09 bits per heavy atom. The van der Waals surface area contributed by atoms with Gasteiger partial charge in [-0.25, -0.2) is 4.79 Å². The lowest BCUT2D eigenvalue weighted by Gasteiger charge is -2.31. The van der Waals surface area contributed by atoms with Crippen LogP contribution in [0.5, 0.6) is 0 Å². The molecule has 1 aliphatic carbocycles. The van der Waals surface area contributed by atoms with E-state index in [1.165, 1.54) is 6.92 Å². The molecule has 3 rings (SSSR count). The van der Waals surface area contributed by atoms with Gasteiger partial charge in [0.25, 0.3) is 5.91 Å². The van der Waals surface area contributed by atoms with Gasteiger partial charge in [-0.2, -0.15) is 13.2 Å². The van der Waals surface area contributed by atoms with Gasteiger partial charge in [-0.3, -0.25) is 14.9 Å². The Hall–Kier alpha value is -3.56. The third-order valence-corrected chi connectivity index (χ3v) is 6.24. The first-order chi connectivity index (χ1) is 16.5. The SMILES string of the molecule is CC(CCCNC(=O)C(C)(NC(=O)OCC1c2ccccc2-c2ccccc21)C(F)(F)F)C(=O)O. The highest BCUT2D eigenvalue weighted by Gasteiger charge is 2.58. The number of benzene rings is 2. The Balaban J connectivity index is 1.64. The van der Waals surface area contributed by atoms with Crippen LogP contribution in [0.4, 0.5) is 18.0 Å². The third kappa shape index (κ3) is 5.58. The quantitative estimate of drug-likeness (QED) is 0.449. The molecule has 0 fully saturated rings. The Labute approximate surface area is 200 Å². The Morgan fingerprint density at radius 2 is 1.57 bits per heavy atom. The zero-order chi connectivity index (χ0) is 25.8. The van der Waals surface area contributed by atoms with Crippen molar-refractivity contribution in [2.45, 2.75) is 44.3 Å². The molecule has 188 valence electrons. The van der Waals surface area contributed by atoms with E-state index in [0.717, 1.165) is 22.3 Å². The predicted molar refractivity (Wildman–Crippen MR) is 122 cm³/mol. The molecule has 0 saturated heterocycles. The summed E-state index contributed by atoms with van der Waals surface area (Å²) in [7, 11) is 0. The number of hydrogen-bond donors (Lipinski definition) is 3. The molecule has 1 aliphatic rings. The largest absolute Gasteiger partial charge is 0.481 e. The van der Waals surface area contributed by atoms with Crippen molar-refractivity contribution in [3.63, 3.8) is 0 Å². The van der Waals surface area contributed by atoms with Crippen molar-refractivity contribution in [1.29, 1.82) is 0 Å². The van der Waals surface area contributed by atoms with E-state index in [0.29, 0.717) is 6.92 Å². The second-order valence-corrected chi connectivity index (χ2v) is 8.71. The van der Waals surface area contributed by atoms with Gasteiger partial charge in [0.15, 0.2) is 0 Å². The molecule has 0 saturated carbocycles. The molecular formula is C25H27F3N2O5. The summed E-state index contributed by atoms with van der Waals surface area (Å²) in [6, 6.07) is 15.0. The number of fused-ring (bicyclic) bond motifs is 3. The van der Waals surface area contributed by atoms with Gasteiger partial charge < -0.3 is 15.2 Å². The molecule has 0 aliphatic heterocycles. The number of ether oxygens (including phenoxy) is 1. The number of hydrogen-bond acceptors (Lipinski definition) is 4. The summed E-state index contributed by atoms with van der Waals surface area (Å²) < 4.78 is 46.5. The summed E-state index contributed by atoms with van der Waals surface area (Å²) in [5.74, 6) is -3.54. The van der Waals surface area contributed by atoms with Crippen molar-refractivity contribution in [2.24, 2.45) is 5.92 Å². The highest BCUT2D eigenvalue weighted by Crippen LogP contribution is 2.44. The average Bonchev–Trinajstić information content (AvgIpc) is 3.13. The highest BCUT2D eigenvalue weighted by atomic mass is 19.4. The number of rotatable bonds is 9. The van der Waals surface area contributed by atoms with Crippen LogP contribution in [0.25, 0.3) is 11.1 Å². The van der Waals surface area contributed by atoms with Crippen molar-refractivity contribution < 1.29 is 37.4 Å². The van der Waals surface area contributed by atoms with Crippen molar-refractivity contribution in [3.05, 3.63) is 59.7 Å². The first kappa shape index (κ1) is 26.1. The van der Waals surface area contributed by atoms with E-state index in [9.17, 15) is 27.6 Å². The fourth-order valence-corrected chi connectivity index (χ4v) is 4.01. The molecule has 2 aromatic carbocycles. The highest BCUT2D eigenvalue weighted by molar-refractivity contribution is 5.90. The molecule has 2 amide bonds. The minimum Gasteiger partial charge on any atom is -0.481 e. The summed E-state index contributed by atoms with van der Waals surface area (Å²) in [4.78, 5) is 35.6. The van der Waals surface area contributed by atoms with Crippen LogP contribution in [0.1, 0.15) is 43.7 Å². The number of alkyl carbamates (subject to hydrolysis) is 1. The Bertz CT molecular complexity index is 1060. The van der Waals surface area contributed by atoms with Gasteiger partial charge in [0.1, 0.15) is 6.61 Å². The number of aliphatic carboxylic acids is 1. The average molecular weight is 492 g/mol. The predicted octanol–water partition coefficient (Wildman–Crippen LogP) is 4.46. The molecule has 0 bridgehead atoms. The van der Waals surface area contributed by atoms with Crippen LogP contribution in [-0.2, 0) is 14.3 Å². The van der Waals surface area contributed by atoms with Gasteiger partial charge in [-0.1, -0.05) is 55.5 Å². The number of carbonyl (C=O) groups excluding carboxylic acids is 2. The second-order valence-electron chi connectivity index (χ2n) is 8.71. The number of amides is 2. The van der Waals surface area contributed by atoms with Crippen LogP contribution >= 0.6 is 0 Å². The molecule has 3 N–H and O–H groups in total. The number of nitrogens with one attached hydrogen (secondary N) is 2. The number of carboxylic acid groups (broad SMARTS) is 1. The van der Waals surface area contributed by atoms with Crippen LogP contribution in [0.3, 0.4) is 0 Å². The summed E-state index contributed by atoms with van der Waals surface area (Å²) in [5, 5.41) is 12.7. The number of halogens is 3. The van der Waals surface area contributed by atoms with E-state index in [2.05, 4.69) is 5.32 Å². The van der Waals surface area contributed by atoms with Gasteiger partial charge in [0.2, 0.25) is 5.54 Å². The minimum atomic E-state index is -5.10. The Kier molecular flexibility index (Phi) is 7.72. The molecule has 2 unspecified atom stereocenters. The maximum atomic E-state index is 13.8. The fraction of sp³-hybridized carbons (Fsp3) is 0.400. The molecule has 0 heterocycles. The van der Waals surface area contributed by atoms with Crippen LogP contribution in [0.2, 0.25) is 0 Å². The summed E-state index contributed by atoms with van der Waals surface area (Å²) >= 11 is 0. The lowest BCUT2D eigenvalue weighted by molar-refractivity contribution is -0.194. The molecule has 35 heavy (non-hydrogen) atoms. The van der Waals surface area contributed by atoms with E-state index in [1.807, 2.05) is 48.5 Å². The van der Waals surface area contributed by atoms with E-state index in [1.54, 1.807) is 5.32 Å². The van der Waals surface area contributed by atoms with Crippen LogP contribution in [-0.4, -0.2) is 47.9 Å². The van der Waals surface area contributed by atoms with Crippen LogP contribution < -0.4 is 10.6 Å². The Morgan fingerprint density at radius 1 is 1.03 bits per heavy atom. The molecule has 10 heteroatoms. The fourth-order valence-electron chi connectivity index (χ4n) is 4.01. The number of carboxylic acids is 1. The normalized spacial score (nSPS) is 15.3. The maximum absolute atomic E-state index is 13.8. The van der Waals surface area contributed by atoms with Crippen LogP contribution in [0, 0.1) is 5.92 Å². The van der Waals surface area contributed by atoms with Gasteiger partial charge >= 0.3 is 18.2 Å². The molecule has 7 nitrogen and oxygen atoms in total. The maximum Gasteiger partial charge on any atom is 0.420 e. The first-order valence-corrected chi connectivity index (χ1v) is 11.2. The summed E-state index contributed by atoms with van der Waals surface area (Å²) in [6.45, 7) is 1.64. The second kappa shape index (κ2) is 10.4. The van der Waals surface area contributed by atoms with E-state index < -0.39 is 35.6 Å². The standard InChI is InChI=1S/C25H27F3N2O5/c1-15(21(31)32)8-7-13-29-22(33)24(2,25(26,27)28)30-23(34)35-14-20-18-11-5-3-9-16(18)17-10-4-6-12-19(17)20/h3-6,9-12,15,20H,7-8,13-14H2,1-2H3,(H,29,33)(H,30,34)(H,31,32). The molecule has 0 spiro atoms. The van der Waals surface area contributed by atoms with E-state index in [4.69, 9.17) is 9.84 Å². The molecule has 0 aromatic heterocycles. The van der Waals surface area contributed by atoms with Crippen molar-refractivity contribution in [3.8, 4) is 11.1 Å². The molecule has 0 radical (unpaired) electrons. The summed E-state index contributed by atoms with van der Waals surface area (Å²) in [5.41, 5.74) is 0.498. The lowest BCUT2D eigenvalue weighted by atomic mass is 9.98. The van der Waals surface area contributed by atoms with Gasteiger partial charge in [-0.05, 0) is 42.0 Å². The monoisotopic (exact) mass is 492 g/mol. The van der Waals surface area contributed by atoms with Crippen molar-refractivity contribution in [2.75, 3.05) is 13.2 Å². The minimum absolute atomic E-state index is 0.165. The third-order valence-electron chi connectivity index (χ3n) is 6.24. The zero-order valence-electron chi connectivity index (χ0n) is 19.3. The van der Waals surface area contributed by atoms with E-state index >= 15 is 0 Å². The van der Waals surface area contributed by atoms with Gasteiger partial charge in [-0.15, -0.1) is 0 Å². The van der Waals surface area contributed by atoms with E-state index in [-0.39, 0.29) is 31.9 Å². The smallest absolute Gasteiger partial charge is 0.420 e. The molecule has 2 atom stereocenters. The van der Waals surface area contributed by atoms with Gasteiger partial charge in [0.05, 0.1) is 5.92 Å². The van der Waals surface area contributed by atoms with Crippen molar-refractivity contribution in [1.82, 2.24) is 10.6 Å². The molecule has 2 aromatic rings. The molecular weight excluding hydrogens is 465 g/mol. The zero-order valence-corrected chi connectivity index (χ0v) is 19.3. The van der Waals surface area contributed by atoms with Crippen LogP contribution in [0.15, 0.2) is 48.5 Å². The van der Waals surface area contributed by atoms with Crippen molar-refractivity contribution >= 4 is 18.0 Å². The number of carbonyl (C=O) groups is 3. The van der Waals surface area contributed by atoms with Gasteiger partial charge in [0, 0.05) is 12.5 Å². The first-order valence-electron chi connectivity index (χ1n) is 11.2. The number of alkyl halides is 3. The topological polar surface area (TPSA) is 105 Å². The summed E-state index contributed by atoms with van der Waals surface area (Å²) in [6.07, 6.45) is -6.13.